The molecule has 0 unspecified atom stereocenters. The van der Waals surface area contributed by atoms with Gasteiger partial charge in [-0.05, 0) is 36.1 Å². The third kappa shape index (κ3) is 4.56. The summed E-state index contributed by atoms with van der Waals surface area (Å²) in [7, 11) is 1.64. The van der Waals surface area contributed by atoms with E-state index >= 15 is 0 Å². The summed E-state index contributed by atoms with van der Waals surface area (Å²) in [5, 5.41) is 4.46. The predicted octanol–water partition coefficient (Wildman–Crippen LogP) is 2.78. The first-order chi connectivity index (χ1) is 11.0. The second kappa shape index (κ2) is 7.78. The number of nitrogens with one attached hydrogen (secondary N) is 1. The van der Waals surface area contributed by atoms with Crippen molar-refractivity contribution in [2.24, 2.45) is 5.73 Å². The Balaban J connectivity index is 1.83. The van der Waals surface area contributed by atoms with Gasteiger partial charge in [-0.25, -0.2) is 0 Å². The number of methoxy groups -OCH3 is 1. The Morgan fingerprint density at radius 2 is 2.00 bits per heavy atom. The van der Waals surface area contributed by atoms with Gasteiger partial charge in [-0.3, -0.25) is 9.59 Å². The summed E-state index contributed by atoms with van der Waals surface area (Å²) < 4.78 is 5.14. The lowest BCUT2D eigenvalue weighted by atomic mass is 9.98. The molecule has 0 saturated carbocycles. The molecule has 0 aliphatic heterocycles. The molecular weight excluding hydrogens is 312 g/mol. The standard InChI is InChI=1S/C17H20N2O3S/c1-11(12-3-5-14(22-2)6-4-12)7-8-19-17(21)15-9-13(10-23-15)16(18)20/h3-6,9-11H,7-8H2,1-2H3,(H2,18,20)(H,19,21)/t11-/m0/s1. The van der Waals surface area contributed by atoms with E-state index in [0.29, 0.717) is 22.9 Å². The molecule has 0 fully saturated rings. The van der Waals surface area contributed by atoms with E-state index in [1.807, 2.05) is 24.3 Å². The minimum Gasteiger partial charge on any atom is -0.497 e. The summed E-state index contributed by atoms with van der Waals surface area (Å²) >= 11 is 1.22. The number of carbonyl (C=O) groups is 2. The van der Waals surface area contributed by atoms with Gasteiger partial charge in [0, 0.05) is 11.9 Å². The number of nitrogens with two attached hydrogens (primary N) is 1. The van der Waals surface area contributed by atoms with Crippen LogP contribution in [0, 0.1) is 0 Å². The third-order valence-corrected chi connectivity index (χ3v) is 4.58. The van der Waals surface area contributed by atoms with Crippen LogP contribution in [0.5, 0.6) is 5.75 Å². The van der Waals surface area contributed by atoms with Crippen molar-refractivity contribution in [1.82, 2.24) is 5.32 Å². The second-order valence-electron chi connectivity index (χ2n) is 5.28. The van der Waals surface area contributed by atoms with E-state index in [4.69, 9.17) is 10.5 Å². The lowest BCUT2D eigenvalue weighted by Crippen LogP contribution is -2.24. The van der Waals surface area contributed by atoms with E-state index in [9.17, 15) is 9.59 Å². The van der Waals surface area contributed by atoms with Gasteiger partial charge in [0.15, 0.2) is 0 Å². The van der Waals surface area contributed by atoms with Crippen molar-refractivity contribution in [1.29, 1.82) is 0 Å². The van der Waals surface area contributed by atoms with E-state index in [0.717, 1.165) is 12.2 Å². The van der Waals surface area contributed by atoms with E-state index in [1.165, 1.54) is 23.0 Å². The number of rotatable bonds is 7. The maximum Gasteiger partial charge on any atom is 0.261 e. The van der Waals surface area contributed by atoms with Crippen LogP contribution in [0.2, 0.25) is 0 Å². The molecule has 1 heterocycles. The summed E-state index contributed by atoms with van der Waals surface area (Å²) in [5.41, 5.74) is 6.75. The van der Waals surface area contributed by atoms with Crippen LogP contribution < -0.4 is 15.8 Å². The highest BCUT2D eigenvalue weighted by Crippen LogP contribution is 2.21. The summed E-state index contributed by atoms with van der Waals surface area (Å²) in [6, 6.07) is 9.45. The number of ether oxygens (including phenoxy) is 1. The Bertz CT molecular complexity index is 679. The first-order valence-corrected chi connectivity index (χ1v) is 8.19. The van der Waals surface area contributed by atoms with Crippen LogP contribution in [0.25, 0.3) is 0 Å². The zero-order chi connectivity index (χ0) is 16.8. The van der Waals surface area contributed by atoms with Gasteiger partial charge in [0.1, 0.15) is 5.75 Å². The first-order valence-electron chi connectivity index (χ1n) is 7.31. The topological polar surface area (TPSA) is 81.4 Å². The van der Waals surface area contributed by atoms with Crippen molar-refractivity contribution in [3.63, 3.8) is 0 Å². The molecular formula is C17H20N2O3S. The van der Waals surface area contributed by atoms with Crippen molar-refractivity contribution in [3.05, 3.63) is 51.7 Å². The number of primary amides is 1. The van der Waals surface area contributed by atoms with Gasteiger partial charge in [0.25, 0.3) is 5.91 Å². The van der Waals surface area contributed by atoms with Crippen molar-refractivity contribution in [2.45, 2.75) is 19.3 Å². The van der Waals surface area contributed by atoms with Gasteiger partial charge in [-0.1, -0.05) is 19.1 Å². The quantitative estimate of drug-likeness (QED) is 0.818. The van der Waals surface area contributed by atoms with Gasteiger partial charge >= 0.3 is 0 Å². The highest BCUT2D eigenvalue weighted by molar-refractivity contribution is 7.12. The van der Waals surface area contributed by atoms with Crippen LogP contribution in [0.1, 0.15) is 44.9 Å². The van der Waals surface area contributed by atoms with Gasteiger partial charge in [0.05, 0.1) is 17.6 Å². The summed E-state index contributed by atoms with van der Waals surface area (Å²) in [5.74, 6) is 0.459. The molecule has 122 valence electrons. The maximum absolute atomic E-state index is 12.0. The van der Waals surface area contributed by atoms with Crippen LogP contribution in [0.3, 0.4) is 0 Å². The van der Waals surface area contributed by atoms with E-state index in [1.54, 1.807) is 12.5 Å². The number of hydrogen-bond acceptors (Lipinski definition) is 4. The van der Waals surface area contributed by atoms with Crippen LogP contribution >= 0.6 is 11.3 Å². The van der Waals surface area contributed by atoms with Crippen LogP contribution in [-0.2, 0) is 0 Å². The molecule has 2 aromatic rings. The van der Waals surface area contributed by atoms with Crippen molar-refractivity contribution < 1.29 is 14.3 Å². The summed E-state index contributed by atoms with van der Waals surface area (Å²) in [6.07, 6.45) is 0.826. The normalized spacial score (nSPS) is 11.7. The first kappa shape index (κ1) is 17.0. The molecule has 5 nitrogen and oxygen atoms in total. The second-order valence-corrected chi connectivity index (χ2v) is 6.19. The fourth-order valence-electron chi connectivity index (χ4n) is 2.17. The fourth-order valence-corrected chi connectivity index (χ4v) is 2.99. The molecule has 2 rings (SSSR count). The Labute approximate surface area is 139 Å². The van der Waals surface area contributed by atoms with Crippen LogP contribution in [-0.4, -0.2) is 25.5 Å². The monoisotopic (exact) mass is 332 g/mol. The van der Waals surface area contributed by atoms with Crippen LogP contribution in [0.4, 0.5) is 0 Å². The van der Waals surface area contributed by atoms with E-state index in [2.05, 4.69) is 12.2 Å². The molecule has 1 atom stereocenters. The third-order valence-electron chi connectivity index (χ3n) is 3.66. The molecule has 0 radical (unpaired) electrons. The number of amides is 2. The van der Waals surface area contributed by atoms with Crippen molar-refractivity contribution in [3.8, 4) is 5.75 Å². The molecule has 6 heteroatoms. The van der Waals surface area contributed by atoms with Crippen molar-refractivity contribution >= 4 is 23.2 Å². The number of hydrogen-bond donors (Lipinski definition) is 2. The molecule has 0 spiro atoms. The van der Waals surface area contributed by atoms with Gasteiger partial charge in [-0.2, -0.15) is 0 Å². The molecule has 1 aromatic carbocycles. The molecule has 2 amide bonds. The highest BCUT2D eigenvalue weighted by Gasteiger charge is 2.12. The molecule has 3 N–H and O–H groups in total. The number of benzene rings is 1. The zero-order valence-electron chi connectivity index (χ0n) is 13.2. The van der Waals surface area contributed by atoms with Gasteiger partial charge in [0.2, 0.25) is 5.91 Å². The Kier molecular flexibility index (Phi) is 5.76. The average Bonchev–Trinajstić information content (AvgIpc) is 3.05. The average molecular weight is 332 g/mol. The molecule has 1 aromatic heterocycles. The molecule has 0 saturated heterocycles. The smallest absolute Gasteiger partial charge is 0.261 e. The van der Waals surface area contributed by atoms with E-state index in [-0.39, 0.29) is 5.91 Å². The fraction of sp³-hybridized carbons (Fsp3) is 0.294. The molecule has 0 aliphatic rings. The summed E-state index contributed by atoms with van der Waals surface area (Å²) in [6.45, 7) is 2.68. The lowest BCUT2D eigenvalue weighted by molar-refractivity contribution is 0.0956. The highest BCUT2D eigenvalue weighted by atomic mass is 32.1. The Hall–Kier alpha value is -2.34. The van der Waals surface area contributed by atoms with Gasteiger partial charge in [-0.15, -0.1) is 11.3 Å². The predicted molar refractivity (Wildman–Crippen MR) is 91.2 cm³/mol. The largest absolute Gasteiger partial charge is 0.497 e. The summed E-state index contributed by atoms with van der Waals surface area (Å²) in [4.78, 5) is 23.5. The van der Waals surface area contributed by atoms with E-state index < -0.39 is 5.91 Å². The SMILES string of the molecule is COc1ccc([C@@H](C)CCNC(=O)c2cc(C(N)=O)cs2)cc1. The van der Waals surface area contributed by atoms with Crippen molar-refractivity contribution in [2.75, 3.05) is 13.7 Å². The van der Waals surface area contributed by atoms with Gasteiger partial charge < -0.3 is 15.8 Å². The van der Waals surface area contributed by atoms with Crippen LogP contribution in [0.15, 0.2) is 35.7 Å². The molecule has 0 aliphatic carbocycles. The maximum atomic E-state index is 12.0. The Morgan fingerprint density at radius 3 is 2.57 bits per heavy atom. The number of thiophene rings is 1. The lowest BCUT2D eigenvalue weighted by Gasteiger charge is -2.13. The molecule has 23 heavy (non-hydrogen) atoms. The minimum absolute atomic E-state index is 0.176. The Morgan fingerprint density at radius 1 is 1.30 bits per heavy atom. The number of carbonyl (C=O) groups excluding carboxylic acids is 2. The zero-order valence-corrected chi connectivity index (χ0v) is 14.0. The minimum atomic E-state index is -0.520. The molecule has 0 bridgehead atoms.